The highest BCUT2D eigenvalue weighted by molar-refractivity contribution is 7.92. The Morgan fingerprint density at radius 2 is 1.97 bits per heavy atom. The van der Waals surface area contributed by atoms with Gasteiger partial charge in [0.05, 0.1) is 5.69 Å². The molecule has 9 nitrogen and oxygen atoms in total. The maximum Gasteiger partial charge on any atom is 0.311 e. The molecule has 1 aliphatic rings. The lowest BCUT2D eigenvalue weighted by molar-refractivity contribution is 0.0754. The molecule has 0 saturated carbocycles. The molecular weight excluding hydrogens is 394 g/mol. The molecule has 0 atom stereocenters. The number of anilines is 1. The first-order chi connectivity index (χ1) is 13.8. The largest absolute Gasteiger partial charge is 0.411 e. The summed E-state index contributed by atoms with van der Waals surface area (Å²) in [6.45, 7) is 5.11. The van der Waals surface area contributed by atoms with Gasteiger partial charge < -0.3 is 14.3 Å². The number of rotatable bonds is 5. The van der Waals surface area contributed by atoms with E-state index in [9.17, 15) is 13.2 Å². The third-order valence-electron chi connectivity index (χ3n) is 5.05. The fourth-order valence-corrected chi connectivity index (χ4v) is 4.31. The number of aryl methyl sites for hydroxylation is 1. The number of likely N-dealkylation sites (tertiary alicyclic amines) is 1. The quantitative estimate of drug-likeness (QED) is 0.661. The van der Waals surface area contributed by atoms with E-state index in [4.69, 9.17) is 4.42 Å². The van der Waals surface area contributed by atoms with Crippen LogP contribution in [0.1, 0.15) is 34.7 Å². The third-order valence-corrected chi connectivity index (χ3v) is 6.39. The monoisotopic (exact) mass is 415 g/mol. The van der Waals surface area contributed by atoms with Crippen LogP contribution in [0.2, 0.25) is 0 Å². The lowest BCUT2D eigenvalue weighted by Gasteiger charge is -2.11. The van der Waals surface area contributed by atoms with Crippen molar-refractivity contribution >= 4 is 21.6 Å². The maximum atomic E-state index is 12.7. The number of aromatic amines is 1. The summed E-state index contributed by atoms with van der Waals surface area (Å²) in [6.07, 6.45) is 3.25. The van der Waals surface area contributed by atoms with E-state index in [1.165, 1.54) is 12.3 Å². The minimum atomic E-state index is -3.81. The Morgan fingerprint density at radius 1 is 1.21 bits per heavy atom. The molecule has 29 heavy (non-hydrogen) atoms. The number of hydrogen-bond donors (Lipinski definition) is 2. The number of nitrogens with one attached hydrogen (secondary N) is 2. The predicted octanol–water partition coefficient (Wildman–Crippen LogP) is 2.72. The Bertz CT molecular complexity index is 1160. The van der Waals surface area contributed by atoms with Gasteiger partial charge in [0.15, 0.2) is 0 Å². The molecule has 0 radical (unpaired) electrons. The van der Waals surface area contributed by atoms with Gasteiger partial charge in [-0.15, -0.1) is 10.2 Å². The summed E-state index contributed by atoms with van der Waals surface area (Å²) in [4.78, 5) is 16.8. The van der Waals surface area contributed by atoms with E-state index in [0.717, 1.165) is 24.0 Å². The van der Waals surface area contributed by atoms with Crippen LogP contribution in [0.5, 0.6) is 0 Å². The molecule has 1 aliphatic heterocycles. The Hall–Kier alpha value is -3.14. The van der Waals surface area contributed by atoms with Crippen molar-refractivity contribution in [1.82, 2.24) is 20.1 Å². The van der Waals surface area contributed by atoms with E-state index < -0.39 is 10.0 Å². The average molecular weight is 415 g/mol. The molecule has 1 amide bonds. The molecule has 3 heterocycles. The van der Waals surface area contributed by atoms with E-state index in [-0.39, 0.29) is 22.6 Å². The Labute approximate surface area is 168 Å². The Morgan fingerprint density at radius 3 is 2.72 bits per heavy atom. The minimum Gasteiger partial charge on any atom is -0.411 e. The molecule has 0 unspecified atom stereocenters. The van der Waals surface area contributed by atoms with Crippen molar-refractivity contribution in [2.24, 2.45) is 0 Å². The molecular formula is C19H21N5O4S. The van der Waals surface area contributed by atoms with Gasteiger partial charge in [0, 0.05) is 19.3 Å². The van der Waals surface area contributed by atoms with Crippen LogP contribution >= 0.6 is 0 Å². The topological polar surface area (TPSA) is 121 Å². The van der Waals surface area contributed by atoms with Crippen LogP contribution in [-0.2, 0) is 10.0 Å². The zero-order valence-corrected chi connectivity index (χ0v) is 16.9. The summed E-state index contributed by atoms with van der Waals surface area (Å²) in [5.41, 5.74) is 2.68. The fraction of sp³-hybridized carbons (Fsp3) is 0.316. The molecule has 3 aromatic rings. The second kappa shape index (κ2) is 7.36. The van der Waals surface area contributed by atoms with E-state index >= 15 is 0 Å². The van der Waals surface area contributed by atoms with Gasteiger partial charge in [-0.2, -0.15) is 0 Å². The van der Waals surface area contributed by atoms with Crippen LogP contribution in [0.3, 0.4) is 0 Å². The maximum absolute atomic E-state index is 12.7. The fourth-order valence-electron chi connectivity index (χ4n) is 3.19. The van der Waals surface area contributed by atoms with Crippen molar-refractivity contribution in [1.29, 1.82) is 0 Å². The zero-order valence-electron chi connectivity index (χ0n) is 16.1. The average Bonchev–Trinajstić information content (AvgIpc) is 3.45. The Kier molecular flexibility index (Phi) is 4.87. The van der Waals surface area contributed by atoms with Crippen molar-refractivity contribution in [2.75, 3.05) is 17.8 Å². The van der Waals surface area contributed by atoms with E-state index in [1.807, 2.05) is 19.9 Å². The van der Waals surface area contributed by atoms with Gasteiger partial charge in [-0.05, 0) is 49.9 Å². The van der Waals surface area contributed by atoms with Crippen LogP contribution in [0.4, 0.5) is 5.69 Å². The molecule has 10 heteroatoms. The standard InChI is InChI=1S/C19H21N5O4S/c1-12-6-5-7-15(13(12)2)23-29(26,27)14-10-16(20-11-14)17-21-22-18(28-17)19(25)24-8-3-4-9-24/h5-7,10-11,20,23H,3-4,8-9H2,1-2H3. The van der Waals surface area contributed by atoms with Crippen LogP contribution < -0.4 is 4.72 Å². The molecule has 2 aromatic heterocycles. The molecule has 0 aliphatic carbocycles. The SMILES string of the molecule is Cc1cccc(NS(=O)(=O)c2c[nH]c(-c3nnc(C(=O)N4CCCC4)o3)c2)c1C. The van der Waals surface area contributed by atoms with E-state index in [0.29, 0.717) is 24.5 Å². The van der Waals surface area contributed by atoms with Crippen molar-refractivity contribution in [3.63, 3.8) is 0 Å². The molecule has 1 aromatic carbocycles. The van der Waals surface area contributed by atoms with Gasteiger partial charge >= 0.3 is 11.8 Å². The molecule has 0 bridgehead atoms. The van der Waals surface area contributed by atoms with Crippen LogP contribution in [0.15, 0.2) is 39.8 Å². The van der Waals surface area contributed by atoms with Crippen LogP contribution in [0, 0.1) is 13.8 Å². The summed E-state index contributed by atoms with van der Waals surface area (Å²) in [5, 5.41) is 7.68. The predicted molar refractivity (Wildman–Crippen MR) is 106 cm³/mol. The first-order valence-electron chi connectivity index (χ1n) is 9.26. The van der Waals surface area contributed by atoms with Gasteiger partial charge in [0.25, 0.3) is 15.9 Å². The number of amides is 1. The van der Waals surface area contributed by atoms with Crippen molar-refractivity contribution < 1.29 is 17.6 Å². The molecule has 0 spiro atoms. The lowest BCUT2D eigenvalue weighted by Crippen LogP contribution is -2.27. The second-order valence-corrected chi connectivity index (χ2v) is 8.70. The van der Waals surface area contributed by atoms with Crippen molar-refractivity contribution in [2.45, 2.75) is 31.6 Å². The first-order valence-corrected chi connectivity index (χ1v) is 10.7. The smallest absolute Gasteiger partial charge is 0.311 e. The van der Waals surface area contributed by atoms with Gasteiger partial charge in [-0.1, -0.05) is 12.1 Å². The lowest BCUT2D eigenvalue weighted by atomic mass is 10.1. The number of sulfonamides is 1. The van der Waals surface area contributed by atoms with Gasteiger partial charge in [-0.3, -0.25) is 9.52 Å². The highest BCUT2D eigenvalue weighted by Crippen LogP contribution is 2.25. The normalized spacial score (nSPS) is 14.3. The molecule has 2 N–H and O–H groups in total. The molecule has 152 valence electrons. The summed E-state index contributed by atoms with van der Waals surface area (Å²) < 4.78 is 33.5. The van der Waals surface area contributed by atoms with E-state index in [2.05, 4.69) is 19.9 Å². The van der Waals surface area contributed by atoms with Crippen LogP contribution in [-0.4, -0.2) is 47.5 Å². The second-order valence-electron chi connectivity index (χ2n) is 7.01. The van der Waals surface area contributed by atoms with E-state index in [1.54, 1.807) is 17.0 Å². The van der Waals surface area contributed by atoms with Gasteiger partial charge in [0.1, 0.15) is 10.6 Å². The number of carbonyl (C=O) groups excluding carboxylic acids is 1. The first kappa shape index (κ1) is 19.2. The highest BCUT2D eigenvalue weighted by atomic mass is 32.2. The summed E-state index contributed by atoms with van der Waals surface area (Å²) in [5.74, 6) is -0.354. The summed E-state index contributed by atoms with van der Waals surface area (Å²) >= 11 is 0. The number of H-pyrrole nitrogens is 1. The zero-order chi connectivity index (χ0) is 20.6. The van der Waals surface area contributed by atoms with Gasteiger partial charge in [0.2, 0.25) is 0 Å². The molecule has 1 fully saturated rings. The number of hydrogen-bond acceptors (Lipinski definition) is 6. The van der Waals surface area contributed by atoms with Gasteiger partial charge in [-0.25, -0.2) is 8.42 Å². The number of aromatic nitrogens is 3. The highest BCUT2D eigenvalue weighted by Gasteiger charge is 2.26. The summed E-state index contributed by atoms with van der Waals surface area (Å²) in [6, 6.07) is 6.81. The molecule has 1 saturated heterocycles. The number of benzene rings is 1. The van der Waals surface area contributed by atoms with Crippen molar-refractivity contribution in [3.05, 3.63) is 47.5 Å². The third kappa shape index (κ3) is 3.75. The molecule has 4 rings (SSSR count). The summed E-state index contributed by atoms with van der Waals surface area (Å²) in [7, 11) is -3.81. The van der Waals surface area contributed by atoms with Crippen LogP contribution in [0.25, 0.3) is 11.6 Å². The Balaban J connectivity index is 1.55. The van der Waals surface area contributed by atoms with Crippen molar-refractivity contribution in [3.8, 4) is 11.6 Å². The number of carbonyl (C=O) groups is 1. The number of nitrogens with zero attached hydrogens (tertiary/aromatic N) is 3. The minimum absolute atomic E-state index is 0.0269.